The van der Waals surface area contributed by atoms with Crippen LogP contribution in [0.2, 0.25) is 0 Å². The molecule has 4 aliphatic carbocycles. The quantitative estimate of drug-likeness (QED) is 0.681. The Morgan fingerprint density at radius 1 is 1.25 bits per heavy atom. The molecule has 0 aliphatic heterocycles. The highest BCUT2D eigenvalue weighted by atomic mass is 19.1. The topological polar surface area (TPSA) is 43.4 Å². The molecule has 0 aromatic carbocycles. The van der Waals surface area contributed by atoms with Crippen molar-refractivity contribution in [3.05, 3.63) is 11.6 Å². The van der Waals surface area contributed by atoms with Gasteiger partial charge in [-0.05, 0) is 73.8 Å². The van der Waals surface area contributed by atoms with Crippen LogP contribution >= 0.6 is 0 Å². The van der Waals surface area contributed by atoms with E-state index in [-0.39, 0.29) is 29.2 Å². The molecule has 7 atom stereocenters. The lowest BCUT2D eigenvalue weighted by Gasteiger charge is -2.54. The molecule has 0 N–H and O–H groups in total. The molecule has 0 heterocycles. The Balaban J connectivity index is 1.61. The third-order valence-corrected chi connectivity index (χ3v) is 7.53. The molecule has 0 aromatic rings. The molecule has 3 fully saturated rings. The number of hydrogen-bond donors (Lipinski definition) is 0. The van der Waals surface area contributed by atoms with E-state index in [1.54, 1.807) is 6.08 Å². The number of ketones is 1. The Bertz CT molecular complexity index is 598. The van der Waals surface area contributed by atoms with Gasteiger partial charge >= 0.3 is 5.97 Å². The number of esters is 1. The molecular formula is C20H27FO3. The molecule has 132 valence electrons. The van der Waals surface area contributed by atoms with Crippen LogP contribution in [0.25, 0.3) is 0 Å². The minimum absolute atomic E-state index is 0.00173. The summed E-state index contributed by atoms with van der Waals surface area (Å²) in [6.45, 7) is 3.73. The zero-order valence-corrected chi connectivity index (χ0v) is 14.6. The number of fused-ring (bicyclic) bond motifs is 5. The Morgan fingerprint density at radius 3 is 2.79 bits per heavy atom. The second-order valence-corrected chi connectivity index (χ2v) is 8.61. The van der Waals surface area contributed by atoms with E-state index in [0.29, 0.717) is 30.6 Å². The third-order valence-electron chi connectivity index (χ3n) is 7.53. The van der Waals surface area contributed by atoms with E-state index in [9.17, 15) is 14.0 Å². The molecule has 3 saturated carbocycles. The van der Waals surface area contributed by atoms with Crippen molar-refractivity contribution in [1.82, 2.24) is 0 Å². The highest BCUT2D eigenvalue weighted by molar-refractivity contribution is 5.91. The number of ether oxygens (including phenoxy) is 1. The van der Waals surface area contributed by atoms with Gasteiger partial charge in [0.2, 0.25) is 0 Å². The van der Waals surface area contributed by atoms with Gasteiger partial charge in [-0.25, -0.2) is 4.39 Å². The van der Waals surface area contributed by atoms with Crippen LogP contribution in [-0.2, 0) is 14.3 Å². The first kappa shape index (κ1) is 16.3. The van der Waals surface area contributed by atoms with Crippen molar-refractivity contribution >= 4 is 11.8 Å². The molecule has 0 saturated heterocycles. The molecule has 0 bridgehead atoms. The van der Waals surface area contributed by atoms with Crippen LogP contribution in [0.5, 0.6) is 0 Å². The van der Waals surface area contributed by atoms with Crippen LogP contribution in [0.4, 0.5) is 4.39 Å². The van der Waals surface area contributed by atoms with Crippen LogP contribution < -0.4 is 0 Å². The number of allylic oxidation sites excluding steroid dienone is 1. The van der Waals surface area contributed by atoms with E-state index >= 15 is 0 Å². The van der Waals surface area contributed by atoms with E-state index in [1.807, 2.05) is 0 Å². The number of alkyl halides is 1. The summed E-state index contributed by atoms with van der Waals surface area (Å²) in [5.74, 6) is 1.47. The molecule has 0 amide bonds. The minimum atomic E-state index is -0.962. The number of rotatable bonds is 1. The number of carbonyl (C=O) groups excluding carboxylic acids is 2. The predicted octanol–water partition coefficient (Wildman–Crippen LogP) is 4.01. The summed E-state index contributed by atoms with van der Waals surface area (Å²) >= 11 is 0. The molecule has 4 aliphatic rings. The zero-order chi connectivity index (χ0) is 17.1. The lowest BCUT2D eigenvalue weighted by molar-refractivity contribution is -0.156. The summed E-state index contributed by atoms with van der Waals surface area (Å²) in [4.78, 5) is 23.2. The van der Waals surface area contributed by atoms with E-state index in [1.165, 1.54) is 6.92 Å². The normalized spacial score (nSPS) is 47.3. The molecule has 4 heteroatoms. The summed E-state index contributed by atoms with van der Waals surface area (Å²) in [6, 6.07) is 0. The maximum absolute atomic E-state index is 14.8. The average Bonchev–Trinajstić information content (AvgIpc) is 2.84. The van der Waals surface area contributed by atoms with Gasteiger partial charge < -0.3 is 4.74 Å². The molecule has 0 radical (unpaired) electrons. The van der Waals surface area contributed by atoms with Crippen LogP contribution in [0, 0.1) is 29.1 Å². The first-order valence-electron chi connectivity index (χ1n) is 9.45. The van der Waals surface area contributed by atoms with Gasteiger partial charge in [0, 0.05) is 18.8 Å². The van der Waals surface area contributed by atoms with Crippen LogP contribution in [0.1, 0.15) is 58.8 Å². The van der Waals surface area contributed by atoms with Crippen molar-refractivity contribution in [2.45, 2.75) is 71.1 Å². The van der Waals surface area contributed by atoms with Gasteiger partial charge in [0.25, 0.3) is 0 Å². The van der Waals surface area contributed by atoms with Gasteiger partial charge in [-0.3, -0.25) is 9.59 Å². The number of halogens is 1. The standard InChI is InChI=1S/C20H27FO3/c1-11(22)24-19-6-5-17-15-10-18(21)16-9-12(23)3-4-13(16)14(15)7-8-20(17,19)2/h9,13-15,17-19H,3-8,10H2,1-2H3. The van der Waals surface area contributed by atoms with Crippen molar-refractivity contribution in [2.24, 2.45) is 29.1 Å². The number of carbonyl (C=O) groups is 2. The summed E-state index contributed by atoms with van der Waals surface area (Å²) in [6.07, 6.45) is 6.64. The monoisotopic (exact) mass is 334 g/mol. The first-order chi connectivity index (χ1) is 11.4. The van der Waals surface area contributed by atoms with Crippen LogP contribution in [0.15, 0.2) is 11.6 Å². The van der Waals surface area contributed by atoms with Gasteiger partial charge in [-0.15, -0.1) is 0 Å². The van der Waals surface area contributed by atoms with E-state index in [4.69, 9.17) is 4.74 Å². The molecule has 4 rings (SSSR count). The lowest BCUT2D eigenvalue weighted by atomic mass is 9.52. The Labute approximate surface area is 143 Å². The van der Waals surface area contributed by atoms with Crippen molar-refractivity contribution in [2.75, 3.05) is 0 Å². The van der Waals surface area contributed by atoms with E-state index < -0.39 is 6.17 Å². The van der Waals surface area contributed by atoms with Crippen LogP contribution in [0.3, 0.4) is 0 Å². The summed E-state index contributed by atoms with van der Waals surface area (Å²) in [7, 11) is 0. The Morgan fingerprint density at radius 2 is 2.04 bits per heavy atom. The fourth-order valence-electron chi connectivity index (χ4n) is 6.49. The molecule has 7 unspecified atom stereocenters. The SMILES string of the molecule is CC(=O)OC1CCC2C3CC(F)C4=CC(=O)CCC4C3CCC12C. The molecule has 0 aromatic heterocycles. The van der Waals surface area contributed by atoms with Gasteiger partial charge in [0.05, 0.1) is 0 Å². The fraction of sp³-hybridized carbons (Fsp3) is 0.800. The third kappa shape index (κ3) is 2.36. The smallest absolute Gasteiger partial charge is 0.302 e. The van der Waals surface area contributed by atoms with Crippen LogP contribution in [-0.4, -0.2) is 24.0 Å². The summed E-state index contributed by atoms with van der Waals surface area (Å²) < 4.78 is 20.5. The van der Waals surface area contributed by atoms with Gasteiger partial charge in [-0.1, -0.05) is 6.92 Å². The average molecular weight is 334 g/mol. The second-order valence-electron chi connectivity index (χ2n) is 8.61. The fourth-order valence-corrected chi connectivity index (χ4v) is 6.49. The van der Waals surface area contributed by atoms with Crippen molar-refractivity contribution < 1.29 is 18.7 Å². The van der Waals surface area contributed by atoms with Gasteiger partial charge in [0.15, 0.2) is 5.78 Å². The first-order valence-corrected chi connectivity index (χ1v) is 9.45. The highest BCUT2D eigenvalue weighted by Gasteiger charge is 2.58. The molecule has 3 nitrogen and oxygen atoms in total. The maximum Gasteiger partial charge on any atom is 0.302 e. The van der Waals surface area contributed by atoms with E-state index in [2.05, 4.69) is 6.92 Å². The second kappa shape index (κ2) is 5.67. The molecular weight excluding hydrogens is 307 g/mol. The lowest BCUT2D eigenvalue weighted by Crippen LogP contribution is -2.50. The largest absolute Gasteiger partial charge is 0.462 e. The van der Waals surface area contributed by atoms with Crippen molar-refractivity contribution in [3.8, 4) is 0 Å². The molecule has 24 heavy (non-hydrogen) atoms. The molecule has 0 spiro atoms. The van der Waals surface area contributed by atoms with Crippen molar-refractivity contribution in [3.63, 3.8) is 0 Å². The zero-order valence-electron chi connectivity index (χ0n) is 14.6. The summed E-state index contributed by atoms with van der Waals surface area (Å²) in [5, 5.41) is 0. The van der Waals surface area contributed by atoms with Crippen molar-refractivity contribution in [1.29, 1.82) is 0 Å². The van der Waals surface area contributed by atoms with Gasteiger partial charge in [-0.2, -0.15) is 0 Å². The minimum Gasteiger partial charge on any atom is -0.462 e. The maximum atomic E-state index is 14.8. The Hall–Kier alpha value is -1.19. The van der Waals surface area contributed by atoms with E-state index in [0.717, 1.165) is 37.7 Å². The summed E-state index contributed by atoms with van der Waals surface area (Å²) in [5.41, 5.74) is 0.781. The highest BCUT2D eigenvalue weighted by Crippen LogP contribution is 2.62. The Kier molecular flexibility index (Phi) is 3.85. The number of hydrogen-bond acceptors (Lipinski definition) is 3. The van der Waals surface area contributed by atoms with Gasteiger partial charge in [0.1, 0.15) is 12.3 Å². The predicted molar refractivity (Wildman–Crippen MR) is 87.9 cm³/mol.